The van der Waals surface area contributed by atoms with Crippen LogP contribution in [0.5, 0.6) is 0 Å². The standard InChI is InChI=1S/C10H14N4OS.C5H14NO/c1-6(2)4-14-8-7(11-5-12-8)9(16)13(3)10(14)15;1-6(2,3)4-5-7/h5-6H,4H2,1-3H3,(H,11,12);7H,4-5H2,1-3H3/q;+1. The molecule has 0 aliphatic carbocycles. The van der Waals surface area contributed by atoms with Crippen molar-refractivity contribution in [3.63, 3.8) is 0 Å². The zero-order chi connectivity index (χ0) is 17.8. The highest BCUT2D eigenvalue weighted by molar-refractivity contribution is 7.71. The second kappa shape index (κ2) is 7.85. The van der Waals surface area contributed by atoms with Crippen LogP contribution in [0.4, 0.5) is 0 Å². The number of nitrogens with zero attached hydrogens (tertiary/aromatic N) is 4. The Hall–Kier alpha value is -1.51. The van der Waals surface area contributed by atoms with E-state index in [0.717, 1.165) is 16.5 Å². The van der Waals surface area contributed by atoms with E-state index in [2.05, 4.69) is 45.0 Å². The number of nitrogens with one attached hydrogen (secondary N) is 1. The summed E-state index contributed by atoms with van der Waals surface area (Å²) in [4.78, 5) is 19.2. The molecule has 0 atom stereocenters. The summed E-state index contributed by atoms with van der Waals surface area (Å²) in [5.74, 6) is 0.383. The van der Waals surface area contributed by atoms with Crippen LogP contribution < -0.4 is 5.69 Å². The second-order valence-electron chi connectivity index (χ2n) is 6.99. The molecule has 23 heavy (non-hydrogen) atoms. The molecule has 0 bridgehead atoms. The summed E-state index contributed by atoms with van der Waals surface area (Å²) in [7, 11) is 7.84. The number of aromatic amines is 1. The molecule has 7 nitrogen and oxygen atoms in total. The molecule has 0 saturated carbocycles. The molecule has 0 aliphatic rings. The van der Waals surface area contributed by atoms with Gasteiger partial charge < -0.3 is 14.6 Å². The van der Waals surface area contributed by atoms with E-state index in [0.29, 0.717) is 22.8 Å². The number of aromatic nitrogens is 4. The maximum atomic E-state index is 12.0. The zero-order valence-electron chi connectivity index (χ0n) is 14.8. The molecule has 0 saturated heterocycles. The number of fused-ring (bicyclic) bond motifs is 1. The Morgan fingerprint density at radius 2 is 2.00 bits per heavy atom. The van der Waals surface area contributed by atoms with E-state index < -0.39 is 0 Å². The number of aliphatic hydroxyl groups is 1. The van der Waals surface area contributed by atoms with Gasteiger partial charge in [0.1, 0.15) is 16.7 Å². The van der Waals surface area contributed by atoms with Crippen LogP contribution in [0.1, 0.15) is 13.8 Å². The summed E-state index contributed by atoms with van der Waals surface area (Å²) in [6.07, 6.45) is 1.57. The van der Waals surface area contributed by atoms with Crippen LogP contribution in [0.3, 0.4) is 0 Å². The van der Waals surface area contributed by atoms with Crippen molar-refractivity contribution in [2.75, 3.05) is 34.3 Å². The van der Waals surface area contributed by atoms with Gasteiger partial charge in [-0.2, -0.15) is 0 Å². The first-order valence-corrected chi connectivity index (χ1v) is 8.03. The quantitative estimate of drug-likeness (QED) is 0.645. The molecule has 0 unspecified atom stereocenters. The Morgan fingerprint density at radius 3 is 2.43 bits per heavy atom. The van der Waals surface area contributed by atoms with Crippen LogP contribution in [-0.2, 0) is 13.6 Å². The molecule has 0 amide bonds. The third-order valence-corrected chi connectivity index (χ3v) is 3.71. The average Bonchev–Trinajstić information content (AvgIpc) is 2.89. The van der Waals surface area contributed by atoms with Gasteiger partial charge in [-0.15, -0.1) is 0 Å². The lowest BCUT2D eigenvalue weighted by molar-refractivity contribution is -0.870. The summed E-state index contributed by atoms with van der Waals surface area (Å²) in [6.45, 7) is 5.88. The third-order valence-electron chi connectivity index (χ3n) is 3.23. The highest BCUT2D eigenvalue weighted by Gasteiger charge is 2.11. The van der Waals surface area contributed by atoms with E-state index in [1.807, 2.05) is 0 Å². The number of aliphatic hydroxyl groups excluding tert-OH is 1. The summed E-state index contributed by atoms with van der Waals surface area (Å²) >= 11 is 5.19. The van der Waals surface area contributed by atoms with Gasteiger partial charge in [0.15, 0.2) is 5.65 Å². The molecule has 130 valence electrons. The summed E-state index contributed by atoms with van der Waals surface area (Å²) < 4.78 is 4.47. The predicted octanol–water partition coefficient (Wildman–Crippen LogP) is 1.13. The van der Waals surface area contributed by atoms with Crippen LogP contribution in [0.2, 0.25) is 0 Å². The Kier molecular flexibility index (Phi) is 6.67. The van der Waals surface area contributed by atoms with Crippen LogP contribution >= 0.6 is 12.2 Å². The molecule has 8 heteroatoms. The van der Waals surface area contributed by atoms with Crippen molar-refractivity contribution in [3.05, 3.63) is 21.5 Å². The van der Waals surface area contributed by atoms with E-state index in [4.69, 9.17) is 17.3 Å². The molecular weight excluding hydrogens is 314 g/mol. The molecule has 2 N–H and O–H groups in total. The maximum absolute atomic E-state index is 12.0. The average molecular weight is 342 g/mol. The molecule has 0 fully saturated rings. The first-order chi connectivity index (χ1) is 10.6. The molecule has 0 radical (unpaired) electrons. The minimum atomic E-state index is -0.113. The molecule has 0 aromatic carbocycles. The van der Waals surface area contributed by atoms with Gasteiger partial charge in [0.05, 0.1) is 34.1 Å². The fourth-order valence-corrected chi connectivity index (χ4v) is 2.23. The van der Waals surface area contributed by atoms with Gasteiger partial charge in [-0.3, -0.25) is 9.13 Å². The normalized spacial score (nSPS) is 11.7. The highest BCUT2D eigenvalue weighted by atomic mass is 32.1. The number of hydrogen-bond donors (Lipinski definition) is 2. The smallest absolute Gasteiger partial charge is 0.330 e. The Balaban J connectivity index is 0.000000322. The minimum absolute atomic E-state index is 0.113. The number of quaternary nitrogens is 1. The summed E-state index contributed by atoms with van der Waals surface area (Å²) in [6, 6.07) is 0. The molecule has 2 aromatic rings. The van der Waals surface area contributed by atoms with Crippen molar-refractivity contribution in [1.29, 1.82) is 0 Å². The van der Waals surface area contributed by atoms with Crippen molar-refractivity contribution in [1.82, 2.24) is 19.1 Å². The zero-order valence-corrected chi connectivity index (χ0v) is 15.6. The number of H-pyrrole nitrogens is 1. The van der Waals surface area contributed by atoms with Crippen LogP contribution in [0.15, 0.2) is 11.1 Å². The van der Waals surface area contributed by atoms with Gasteiger partial charge >= 0.3 is 5.69 Å². The third kappa shape index (κ3) is 5.26. The SMILES string of the molecule is CC(C)Cn1c(=O)n(C)c(=S)c2[nH]cnc21.C[N+](C)(C)CCO. The molecule has 2 aromatic heterocycles. The Labute approximate surface area is 141 Å². The van der Waals surface area contributed by atoms with Gasteiger partial charge in [-0.1, -0.05) is 26.1 Å². The van der Waals surface area contributed by atoms with Gasteiger partial charge in [-0.25, -0.2) is 9.78 Å². The van der Waals surface area contributed by atoms with E-state index >= 15 is 0 Å². The van der Waals surface area contributed by atoms with Gasteiger partial charge in [0, 0.05) is 13.6 Å². The van der Waals surface area contributed by atoms with E-state index in [1.165, 1.54) is 4.57 Å². The van der Waals surface area contributed by atoms with Gasteiger partial charge in [0.25, 0.3) is 0 Å². The predicted molar refractivity (Wildman–Crippen MR) is 95.0 cm³/mol. The van der Waals surface area contributed by atoms with Gasteiger partial charge in [0.2, 0.25) is 0 Å². The number of imidazole rings is 1. The first kappa shape index (κ1) is 19.5. The number of rotatable bonds is 4. The monoisotopic (exact) mass is 342 g/mol. The fraction of sp³-hybridized carbons (Fsp3) is 0.667. The van der Waals surface area contributed by atoms with E-state index in [-0.39, 0.29) is 12.3 Å². The molecule has 2 heterocycles. The lowest BCUT2D eigenvalue weighted by Crippen LogP contribution is -2.36. The molecule has 2 rings (SSSR count). The first-order valence-electron chi connectivity index (χ1n) is 7.62. The lowest BCUT2D eigenvalue weighted by atomic mass is 10.2. The van der Waals surface area contributed by atoms with Crippen LogP contribution in [0.25, 0.3) is 11.2 Å². The van der Waals surface area contributed by atoms with Crippen molar-refractivity contribution in [3.8, 4) is 0 Å². The Bertz CT molecular complexity index is 752. The minimum Gasteiger partial charge on any atom is -0.391 e. The lowest BCUT2D eigenvalue weighted by Gasteiger charge is -2.21. The molecular formula is C15H28N5O2S+. The Morgan fingerprint density at radius 1 is 1.39 bits per heavy atom. The van der Waals surface area contributed by atoms with Gasteiger partial charge in [-0.05, 0) is 5.92 Å². The van der Waals surface area contributed by atoms with Crippen molar-refractivity contribution in [2.24, 2.45) is 13.0 Å². The van der Waals surface area contributed by atoms with E-state index in [1.54, 1.807) is 17.9 Å². The van der Waals surface area contributed by atoms with Crippen molar-refractivity contribution >= 4 is 23.4 Å². The van der Waals surface area contributed by atoms with Crippen molar-refractivity contribution < 1.29 is 9.59 Å². The maximum Gasteiger partial charge on any atom is 0.330 e. The largest absolute Gasteiger partial charge is 0.391 e. The number of hydrogen-bond acceptors (Lipinski definition) is 4. The molecule has 0 spiro atoms. The van der Waals surface area contributed by atoms with Crippen LogP contribution in [-0.4, -0.2) is 63.0 Å². The highest BCUT2D eigenvalue weighted by Crippen LogP contribution is 2.09. The topological polar surface area (TPSA) is 75.8 Å². The summed E-state index contributed by atoms with van der Waals surface area (Å²) in [5, 5.41) is 8.39. The summed E-state index contributed by atoms with van der Waals surface area (Å²) in [5.41, 5.74) is 1.28. The second-order valence-corrected chi connectivity index (χ2v) is 7.38. The van der Waals surface area contributed by atoms with Crippen LogP contribution in [0, 0.1) is 10.6 Å². The number of likely N-dealkylation sites (N-methyl/N-ethyl adjacent to an activating group) is 1. The van der Waals surface area contributed by atoms with Crippen molar-refractivity contribution in [2.45, 2.75) is 20.4 Å². The van der Waals surface area contributed by atoms with E-state index in [9.17, 15) is 4.79 Å². The fourth-order valence-electron chi connectivity index (χ4n) is 2.01. The molecule has 0 aliphatic heterocycles.